The number of benzene rings is 2. The van der Waals surface area contributed by atoms with Crippen molar-refractivity contribution >= 4 is 15.8 Å². The Kier molecular flexibility index (Phi) is 6.09. The molecule has 1 saturated heterocycles. The Morgan fingerprint density at radius 2 is 1.70 bits per heavy atom. The summed E-state index contributed by atoms with van der Waals surface area (Å²) in [6.45, 7) is 2.38. The number of piperidine rings is 1. The smallest absolute Gasteiger partial charge is 0.242 e. The molecule has 6 heteroatoms. The van der Waals surface area contributed by atoms with E-state index in [-0.39, 0.29) is 11.7 Å². The first kappa shape index (κ1) is 19.7. The Hall–Kier alpha value is -2.02. The molecule has 0 N–H and O–H groups in total. The average molecular weight is 387 g/mol. The van der Waals surface area contributed by atoms with E-state index in [0.717, 1.165) is 37.1 Å². The maximum absolute atomic E-state index is 12.6. The van der Waals surface area contributed by atoms with Gasteiger partial charge in [-0.3, -0.25) is 9.69 Å². The lowest BCUT2D eigenvalue weighted by Crippen LogP contribution is -2.36. The van der Waals surface area contributed by atoms with Gasteiger partial charge in [-0.25, -0.2) is 12.7 Å². The van der Waals surface area contributed by atoms with Crippen molar-refractivity contribution in [3.63, 3.8) is 0 Å². The molecule has 1 fully saturated rings. The standard InChI is InChI=1S/C21H26N2O3S/c1-22(2)27(25,26)20-10-6-7-17(15-20)16-23-13-11-19(12-14-23)21(24)18-8-4-3-5-9-18/h3-10,15,19H,11-14,16H2,1-2H3. The number of Topliss-reactive ketones (excluding diaryl/α,β-unsaturated/α-hetero) is 1. The highest BCUT2D eigenvalue weighted by Crippen LogP contribution is 2.24. The van der Waals surface area contributed by atoms with Crippen LogP contribution in [0, 0.1) is 5.92 Å². The van der Waals surface area contributed by atoms with Crippen molar-refractivity contribution in [2.75, 3.05) is 27.2 Å². The lowest BCUT2D eigenvalue weighted by Gasteiger charge is -2.31. The first-order valence-corrected chi connectivity index (χ1v) is 10.6. The number of hydrogen-bond donors (Lipinski definition) is 0. The average Bonchev–Trinajstić information content (AvgIpc) is 2.69. The van der Waals surface area contributed by atoms with Crippen LogP contribution in [0.15, 0.2) is 59.5 Å². The SMILES string of the molecule is CN(C)S(=O)(=O)c1cccc(CN2CCC(C(=O)c3ccccc3)CC2)c1. The summed E-state index contributed by atoms with van der Waals surface area (Å²) >= 11 is 0. The Balaban J connectivity index is 1.61. The van der Waals surface area contributed by atoms with Crippen LogP contribution >= 0.6 is 0 Å². The molecule has 2 aromatic rings. The van der Waals surface area contributed by atoms with Gasteiger partial charge in [-0.1, -0.05) is 42.5 Å². The van der Waals surface area contributed by atoms with Gasteiger partial charge in [0.1, 0.15) is 0 Å². The second kappa shape index (κ2) is 8.33. The van der Waals surface area contributed by atoms with E-state index in [1.54, 1.807) is 18.2 Å². The Bertz CT molecular complexity index is 887. The summed E-state index contributed by atoms with van der Waals surface area (Å²) in [5.74, 6) is 0.304. The van der Waals surface area contributed by atoms with Crippen molar-refractivity contribution in [1.82, 2.24) is 9.21 Å². The minimum Gasteiger partial charge on any atom is -0.299 e. The van der Waals surface area contributed by atoms with Gasteiger partial charge in [-0.15, -0.1) is 0 Å². The molecule has 0 unspecified atom stereocenters. The van der Waals surface area contributed by atoms with Crippen molar-refractivity contribution < 1.29 is 13.2 Å². The molecule has 3 rings (SSSR count). The monoisotopic (exact) mass is 386 g/mol. The fourth-order valence-corrected chi connectivity index (χ4v) is 4.44. The molecule has 0 radical (unpaired) electrons. The van der Waals surface area contributed by atoms with E-state index in [9.17, 15) is 13.2 Å². The fourth-order valence-electron chi connectivity index (χ4n) is 3.46. The lowest BCUT2D eigenvalue weighted by molar-refractivity contribution is 0.0835. The number of sulfonamides is 1. The zero-order chi connectivity index (χ0) is 19.4. The van der Waals surface area contributed by atoms with Crippen LogP contribution in [0.3, 0.4) is 0 Å². The topological polar surface area (TPSA) is 57.7 Å². The maximum atomic E-state index is 12.6. The van der Waals surface area contributed by atoms with Crippen LogP contribution in [0.5, 0.6) is 0 Å². The van der Waals surface area contributed by atoms with E-state index in [4.69, 9.17) is 0 Å². The van der Waals surface area contributed by atoms with Crippen LogP contribution in [0.25, 0.3) is 0 Å². The first-order valence-electron chi connectivity index (χ1n) is 9.21. The predicted octanol–water partition coefficient (Wildman–Crippen LogP) is 3.03. The Labute approximate surface area is 161 Å². The molecule has 5 nitrogen and oxygen atoms in total. The summed E-state index contributed by atoms with van der Waals surface area (Å²) in [6.07, 6.45) is 1.67. The van der Waals surface area contributed by atoms with Crippen LogP contribution in [0.4, 0.5) is 0 Å². The van der Waals surface area contributed by atoms with Gasteiger partial charge in [0.25, 0.3) is 0 Å². The van der Waals surface area contributed by atoms with Gasteiger partial charge in [0.2, 0.25) is 10.0 Å². The third-order valence-corrected chi connectivity index (χ3v) is 6.91. The van der Waals surface area contributed by atoms with Crippen LogP contribution in [0.1, 0.15) is 28.8 Å². The summed E-state index contributed by atoms with van der Waals surface area (Å²) in [4.78, 5) is 15.2. The molecule has 0 amide bonds. The fraction of sp³-hybridized carbons (Fsp3) is 0.381. The van der Waals surface area contributed by atoms with E-state index in [1.807, 2.05) is 36.4 Å². The van der Waals surface area contributed by atoms with Crippen molar-refractivity contribution in [3.05, 3.63) is 65.7 Å². The van der Waals surface area contributed by atoms with E-state index >= 15 is 0 Å². The third kappa shape index (κ3) is 4.64. The van der Waals surface area contributed by atoms with Gasteiger partial charge in [-0.05, 0) is 43.6 Å². The molecular formula is C21H26N2O3S. The number of carbonyl (C=O) groups excluding carboxylic acids is 1. The Morgan fingerprint density at radius 1 is 1.04 bits per heavy atom. The second-order valence-electron chi connectivity index (χ2n) is 7.22. The minimum atomic E-state index is -3.42. The molecule has 27 heavy (non-hydrogen) atoms. The van der Waals surface area contributed by atoms with E-state index < -0.39 is 10.0 Å². The second-order valence-corrected chi connectivity index (χ2v) is 9.37. The summed E-state index contributed by atoms with van der Waals surface area (Å²) in [5.41, 5.74) is 1.77. The van der Waals surface area contributed by atoms with Crippen LogP contribution in [-0.2, 0) is 16.6 Å². The van der Waals surface area contributed by atoms with Crippen molar-refractivity contribution in [1.29, 1.82) is 0 Å². The maximum Gasteiger partial charge on any atom is 0.242 e. The van der Waals surface area contributed by atoms with E-state index in [2.05, 4.69) is 4.90 Å². The summed E-state index contributed by atoms with van der Waals surface area (Å²) in [6, 6.07) is 16.6. The molecule has 0 saturated carbocycles. The van der Waals surface area contributed by atoms with Crippen LogP contribution in [-0.4, -0.2) is 50.6 Å². The summed E-state index contributed by atoms with van der Waals surface area (Å²) in [5, 5.41) is 0. The molecule has 0 spiro atoms. The van der Waals surface area contributed by atoms with Crippen molar-refractivity contribution in [2.45, 2.75) is 24.3 Å². The normalized spacial score (nSPS) is 16.6. The molecule has 0 bridgehead atoms. The molecule has 2 aromatic carbocycles. The van der Waals surface area contributed by atoms with Gasteiger partial charge in [0, 0.05) is 32.1 Å². The highest BCUT2D eigenvalue weighted by atomic mass is 32.2. The van der Waals surface area contributed by atoms with Gasteiger partial charge >= 0.3 is 0 Å². The summed E-state index contributed by atoms with van der Waals surface area (Å²) < 4.78 is 25.8. The number of ketones is 1. The van der Waals surface area contributed by atoms with Crippen molar-refractivity contribution in [3.8, 4) is 0 Å². The lowest BCUT2D eigenvalue weighted by atomic mass is 9.89. The Morgan fingerprint density at radius 3 is 2.33 bits per heavy atom. The molecule has 0 atom stereocenters. The highest BCUT2D eigenvalue weighted by molar-refractivity contribution is 7.89. The van der Waals surface area contributed by atoms with Gasteiger partial charge in [-0.2, -0.15) is 0 Å². The number of hydrogen-bond acceptors (Lipinski definition) is 4. The third-order valence-electron chi connectivity index (χ3n) is 5.10. The highest BCUT2D eigenvalue weighted by Gasteiger charge is 2.26. The molecule has 1 aliphatic heterocycles. The van der Waals surface area contributed by atoms with E-state index in [0.29, 0.717) is 11.4 Å². The zero-order valence-electron chi connectivity index (χ0n) is 15.8. The number of likely N-dealkylation sites (tertiary alicyclic amines) is 1. The predicted molar refractivity (Wildman–Crippen MR) is 106 cm³/mol. The molecule has 0 aromatic heterocycles. The van der Waals surface area contributed by atoms with Gasteiger partial charge in [0.15, 0.2) is 5.78 Å². The molecule has 1 heterocycles. The quantitative estimate of drug-likeness (QED) is 0.716. The van der Waals surface area contributed by atoms with Crippen LogP contribution < -0.4 is 0 Å². The molecular weight excluding hydrogens is 360 g/mol. The molecule has 1 aliphatic rings. The first-order chi connectivity index (χ1) is 12.9. The zero-order valence-corrected chi connectivity index (χ0v) is 16.7. The van der Waals surface area contributed by atoms with Crippen LogP contribution in [0.2, 0.25) is 0 Å². The van der Waals surface area contributed by atoms with Gasteiger partial charge < -0.3 is 0 Å². The van der Waals surface area contributed by atoms with E-state index in [1.165, 1.54) is 18.4 Å². The summed E-state index contributed by atoms with van der Waals surface area (Å²) in [7, 11) is -0.344. The largest absolute Gasteiger partial charge is 0.299 e. The number of carbonyl (C=O) groups is 1. The minimum absolute atomic E-state index is 0.0732. The number of nitrogens with zero attached hydrogens (tertiary/aromatic N) is 2. The van der Waals surface area contributed by atoms with Crippen molar-refractivity contribution in [2.24, 2.45) is 5.92 Å². The molecule has 0 aliphatic carbocycles. The molecule has 144 valence electrons. The number of rotatable bonds is 6. The van der Waals surface area contributed by atoms with Gasteiger partial charge in [0.05, 0.1) is 4.90 Å².